The first-order chi connectivity index (χ1) is 5.20. The summed E-state index contributed by atoms with van der Waals surface area (Å²) in [6.07, 6.45) is 0.382. The first-order valence-corrected chi connectivity index (χ1v) is 4.33. The van der Waals surface area contributed by atoms with Crippen molar-refractivity contribution in [2.45, 2.75) is 18.6 Å². The molecule has 11 heavy (non-hydrogen) atoms. The Morgan fingerprint density at radius 3 is 2.91 bits per heavy atom. The summed E-state index contributed by atoms with van der Waals surface area (Å²) in [6.45, 7) is 1.81. The summed E-state index contributed by atoms with van der Waals surface area (Å²) in [7, 11) is 1.36. The van der Waals surface area contributed by atoms with Gasteiger partial charge in [0.15, 0.2) is 0 Å². The number of ether oxygens (including phenoxy) is 1. The minimum Gasteiger partial charge on any atom is -0.469 e. The third-order valence-corrected chi connectivity index (χ3v) is 2.13. The van der Waals surface area contributed by atoms with Crippen LogP contribution in [-0.4, -0.2) is 24.1 Å². The fourth-order valence-electron chi connectivity index (χ4n) is 0.458. The molecule has 3 nitrogen and oxygen atoms in total. The Morgan fingerprint density at radius 2 is 2.45 bits per heavy atom. The molecule has 0 heterocycles. The van der Waals surface area contributed by atoms with Crippen molar-refractivity contribution in [1.82, 2.24) is 0 Å². The van der Waals surface area contributed by atoms with Crippen molar-refractivity contribution in [3.05, 3.63) is 0 Å². The van der Waals surface area contributed by atoms with Gasteiger partial charge in [0.25, 0.3) is 0 Å². The molecule has 1 unspecified atom stereocenters. The van der Waals surface area contributed by atoms with E-state index in [4.69, 9.17) is 5.26 Å². The lowest BCUT2D eigenvalue weighted by Gasteiger charge is -2.00. The molecule has 1 atom stereocenters. The summed E-state index contributed by atoms with van der Waals surface area (Å²) in [6, 6.07) is 2.07. The van der Waals surface area contributed by atoms with E-state index >= 15 is 0 Å². The first kappa shape index (κ1) is 10.3. The monoisotopic (exact) mass is 173 g/mol. The molecule has 0 aliphatic carbocycles. The second-order valence-corrected chi connectivity index (χ2v) is 3.42. The number of methoxy groups -OCH3 is 1. The van der Waals surface area contributed by atoms with Gasteiger partial charge in [-0.25, -0.2) is 0 Å². The first-order valence-electron chi connectivity index (χ1n) is 3.28. The normalized spacial score (nSPS) is 11.7. The largest absolute Gasteiger partial charge is 0.469 e. The highest BCUT2D eigenvalue weighted by atomic mass is 32.2. The molecule has 0 radical (unpaired) electrons. The van der Waals surface area contributed by atoms with E-state index in [1.54, 1.807) is 0 Å². The molecule has 0 rings (SSSR count). The van der Waals surface area contributed by atoms with E-state index in [-0.39, 0.29) is 11.2 Å². The number of esters is 1. The Morgan fingerprint density at radius 1 is 1.82 bits per heavy atom. The molecule has 0 aromatic carbocycles. The van der Waals surface area contributed by atoms with Crippen LogP contribution in [0.2, 0.25) is 0 Å². The summed E-state index contributed by atoms with van der Waals surface area (Å²) >= 11 is 1.46. The smallest absolute Gasteiger partial charge is 0.306 e. The molecule has 0 aromatic heterocycles. The molecule has 0 bridgehead atoms. The number of carbonyl (C=O) groups is 1. The number of carbonyl (C=O) groups excluding carboxylic acids is 1. The highest BCUT2D eigenvalue weighted by molar-refractivity contribution is 8.00. The summed E-state index contributed by atoms with van der Waals surface area (Å²) in [5.41, 5.74) is 0. The zero-order valence-corrected chi connectivity index (χ0v) is 7.48. The fourth-order valence-corrected chi connectivity index (χ4v) is 1.17. The van der Waals surface area contributed by atoms with Crippen LogP contribution in [0.4, 0.5) is 0 Å². The van der Waals surface area contributed by atoms with Gasteiger partial charge in [0, 0.05) is 5.75 Å². The van der Waals surface area contributed by atoms with E-state index in [0.29, 0.717) is 12.2 Å². The average Bonchev–Trinajstić information content (AvgIpc) is 2.04. The maximum Gasteiger partial charge on any atom is 0.306 e. The van der Waals surface area contributed by atoms with E-state index in [1.807, 2.05) is 6.92 Å². The van der Waals surface area contributed by atoms with Crippen molar-refractivity contribution < 1.29 is 9.53 Å². The zero-order chi connectivity index (χ0) is 8.69. The van der Waals surface area contributed by atoms with Crippen molar-refractivity contribution >= 4 is 17.7 Å². The van der Waals surface area contributed by atoms with Crippen LogP contribution in [0.25, 0.3) is 0 Å². The van der Waals surface area contributed by atoms with E-state index in [1.165, 1.54) is 18.9 Å². The van der Waals surface area contributed by atoms with Gasteiger partial charge in [-0.15, -0.1) is 11.8 Å². The molecule has 0 aromatic rings. The number of nitriles is 1. The molecule has 0 amide bonds. The van der Waals surface area contributed by atoms with Crippen LogP contribution in [0.5, 0.6) is 0 Å². The summed E-state index contributed by atoms with van der Waals surface area (Å²) in [5, 5.41) is 8.33. The molecule has 0 aliphatic heterocycles. The van der Waals surface area contributed by atoms with Gasteiger partial charge in [-0.05, 0) is 6.92 Å². The fraction of sp³-hybridized carbons (Fsp3) is 0.714. The zero-order valence-electron chi connectivity index (χ0n) is 6.66. The van der Waals surface area contributed by atoms with E-state index in [9.17, 15) is 4.79 Å². The van der Waals surface area contributed by atoms with Crippen molar-refractivity contribution in [2.75, 3.05) is 12.9 Å². The lowest BCUT2D eigenvalue weighted by Crippen LogP contribution is -2.03. The SMILES string of the molecule is COC(=O)CCSC(C)C#N. The molecule has 4 heteroatoms. The van der Waals surface area contributed by atoms with E-state index < -0.39 is 0 Å². The van der Waals surface area contributed by atoms with Crippen LogP contribution in [0, 0.1) is 11.3 Å². The van der Waals surface area contributed by atoms with Gasteiger partial charge in [0.05, 0.1) is 24.8 Å². The van der Waals surface area contributed by atoms with Crippen LogP contribution >= 0.6 is 11.8 Å². The summed E-state index contributed by atoms with van der Waals surface area (Å²) in [4.78, 5) is 10.6. The highest BCUT2D eigenvalue weighted by Crippen LogP contribution is 2.10. The molecule has 0 N–H and O–H groups in total. The molecular formula is C7H11NO2S. The van der Waals surface area contributed by atoms with Crippen LogP contribution < -0.4 is 0 Å². The van der Waals surface area contributed by atoms with Crippen LogP contribution in [-0.2, 0) is 9.53 Å². The second-order valence-electron chi connectivity index (χ2n) is 1.97. The minimum atomic E-state index is -0.220. The van der Waals surface area contributed by atoms with E-state index in [2.05, 4.69) is 10.8 Å². The van der Waals surface area contributed by atoms with Crippen LogP contribution in [0.1, 0.15) is 13.3 Å². The van der Waals surface area contributed by atoms with Gasteiger partial charge >= 0.3 is 5.97 Å². The summed E-state index contributed by atoms with van der Waals surface area (Å²) < 4.78 is 4.43. The third-order valence-electron chi connectivity index (χ3n) is 1.08. The van der Waals surface area contributed by atoms with Gasteiger partial charge < -0.3 is 4.74 Å². The lowest BCUT2D eigenvalue weighted by molar-refractivity contribution is -0.140. The van der Waals surface area contributed by atoms with Gasteiger partial charge in [-0.3, -0.25) is 4.79 Å². The van der Waals surface area contributed by atoms with Gasteiger partial charge in [-0.2, -0.15) is 5.26 Å². The predicted octanol–water partition coefficient (Wildman–Crippen LogP) is 1.19. The molecule has 0 saturated carbocycles. The van der Waals surface area contributed by atoms with Crippen LogP contribution in [0.3, 0.4) is 0 Å². The minimum absolute atomic E-state index is 0.0420. The van der Waals surface area contributed by atoms with Crippen molar-refractivity contribution in [3.63, 3.8) is 0 Å². The quantitative estimate of drug-likeness (QED) is 0.599. The standard InChI is InChI=1S/C7H11NO2S/c1-6(5-8)11-4-3-7(9)10-2/h6H,3-4H2,1-2H3. The Hall–Kier alpha value is -0.690. The number of hydrogen-bond donors (Lipinski definition) is 0. The Kier molecular flexibility index (Phi) is 5.67. The molecule has 0 spiro atoms. The lowest BCUT2D eigenvalue weighted by atomic mass is 10.5. The number of nitrogens with zero attached hydrogens (tertiary/aromatic N) is 1. The maximum absolute atomic E-state index is 10.6. The Balaban J connectivity index is 3.29. The third kappa shape index (κ3) is 5.74. The molecule has 0 aliphatic rings. The van der Waals surface area contributed by atoms with Gasteiger partial charge in [-0.1, -0.05) is 0 Å². The topological polar surface area (TPSA) is 50.1 Å². The molecule has 0 saturated heterocycles. The van der Waals surface area contributed by atoms with Crippen molar-refractivity contribution in [1.29, 1.82) is 5.26 Å². The van der Waals surface area contributed by atoms with Gasteiger partial charge in [0.2, 0.25) is 0 Å². The van der Waals surface area contributed by atoms with E-state index in [0.717, 1.165) is 0 Å². The average molecular weight is 173 g/mol. The Labute approximate surface area is 70.7 Å². The van der Waals surface area contributed by atoms with Crippen molar-refractivity contribution in [3.8, 4) is 6.07 Å². The predicted molar refractivity (Wildman–Crippen MR) is 44.2 cm³/mol. The number of thioether (sulfide) groups is 1. The highest BCUT2D eigenvalue weighted by Gasteiger charge is 2.03. The molecule has 62 valence electrons. The number of hydrogen-bond acceptors (Lipinski definition) is 4. The summed E-state index contributed by atoms with van der Waals surface area (Å²) in [5.74, 6) is 0.434. The molecule has 0 fully saturated rings. The molecular weight excluding hydrogens is 162 g/mol. The Bertz CT molecular complexity index is 164. The van der Waals surface area contributed by atoms with Crippen molar-refractivity contribution in [2.24, 2.45) is 0 Å². The van der Waals surface area contributed by atoms with Gasteiger partial charge in [0.1, 0.15) is 0 Å². The maximum atomic E-state index is 10.6. The van der Waals surface area contributed by atoms with Crippen LogP contribution in [0.15, 0.2) is 0 Å². The number of rotatable bonds is 4. The second kappa shape index (κ2) is 6.05.